The van der Waals surface area contributed by atoms with Gasteiger partial charge in [-0.3, -0.25) is 0 Å². The number of nitrogens with zero attached hydrogens (tertiary/aromatic N) is 4. The van der Waals surface area contributed by atoms with Gasteiger partial charge in [-0.2, -0.15) is 4.98 Å². The normalized spacial score (nSPS) is 14.9. The van der Waals surface area contributed by atoms with Gasteiger partial charge in [0, 0.05) is 38.6 Å². The lowest BCUT2D eigenvalue weighted by Crippen LogP contribution is -2.49. The fourth-order valence-electron chi connectivity index (χ4n) is 2.70. The summed E-state index contributed by atoms with van der Waals surface area (Å²) in [4.78, 5) is 24.9. The molecule has 0 aliphatic carbocycles. The number of para-hydroxylation sites is 1. The van der Waals surface area contributed by atoms with E-state index in [1.54, 1.807) is 4.90 Å². The average molecular weight is 315 g/mol. The van der Waals surface area contributed by atoms with Crippen LogP contribution in [-0.2, 0) is 4.74 Å². The highest BCUT2D eigenvalue weighted by Gasteiger charge is 2.24. The number of amides is 1. The fraction of sp³-hybridized carbons (Fsp3) is 0.438. The maximum atomic E-state index is 11.8. The Balaban J connectivity index is 1.78. The number of nitrogens with one attached hydrogen (secondary N) is 1. The van der Waals surface area contributed by atoms with Gasteiger partial charge in [0.2, 0.25) is 5.95 Å². The molecule has 1 aromatic carbocycles. The number of aromatic nitrogens is 2. The second-order valence-corrected chi connectivity index (χ2v) is 5.31. The van der Waals surface area contributed by atoms with Crippen LogP contribution in [0.2, 0.25) is 0 Å². The number of hydrogen-bond donors (Lipinski definition) is 1. The zero-order valence-corrected chi connectivity index (χ0v) is 13.5. The molecule has 0 spiro atoms. The zero-order valence-electron chi connectivity index (χ0n) is 13.5. The summed E-state index contributed by atoms with van der Waals surface area (Å²) in [6.45, 7) is 4.84. The van der Waals surface area contributed by atoms with Gasteiger partial charge in [-0.15, -0.1) is 0 Å². The molecule has 2 aromatic rings. The molecule has 1 saturated heterocycles. The first-order valence-corrected chi connectivity index (χ1v) is 7.84. The minimum atomic E-state index is -0.248. The molecule has 0 bridgehead atoms. The van der Waals surface area contributed by atoms with Crippen LogP contribution in [0.25, 0.3) is 10.9 Å². The molecule has 1 aliphatic heterocycles. The van der Waals surface area contributed by atoms with Crippen LogP contribution in [0.1, 0.15) is 6.92 Å². The lowest BCUT2D eigenvalue weighted by atomic mass is 10.2. The molecule has 0 radical (unpaired) electrons. The number of anilines is 2. The van der Waals surface area contributed by atoms with Crippen LogP contribution in [0, 0.1) is 0 Å². The number of carbonyl (C=O) groups excluding carboxylic acids is 1. The van der Waals surface area contributed by atoms with E-state index in [-0.39, 0.29) is 6.09 Å². The van der Waals surface area contributed by atoms with E-state index >= 15 is 0 Å². The van der Waals surface area contributed by atoms with Gasteiger partial charge < -0.3 is 19.9 Å². The van der Waals surface area contributed by atoms with Crippen molar-refractivity contribution in [2.75, 3.05) is 50.1 Å². The van der Waals surface area contributed by atoms with Crippen molar-refractivity contribution in [3.63, 3.8) is 0 Å². The standard InChI is InChI=1S/C16H21N5O2/c1-3-23-16(22)21-10-8-20(9-11-21)15-18-13-7-5-4-6-12(13)14(17-2)19-15/h4-7H,3,8-11H2,1-2H3,(H,17,18,19). The molecule has 2 heterocycles. The molecule has 0 unspecified atom stereocenters. The van der Waals surface area contributed by atoms with Crippen molar-refractivity contribution < 1.29 is 9.53 Å². The molecule has 1 amide bonds. The molecule has 1 N–H and O–H groups in total. The van der Waals surface area contributed by atoms with Crippen molar-refractivity contribution in [2.24, 2.45) is 0 Å². The number of ether oxygens (including phenoxy) is 1. The molecular formula is C16H21N5O2. The van der Waals surface area contributed by atoms with E-state index in [1.165, 1.54) is 0 Å². The summed E-state index contributed by atoms with van der Waals surface area (Å²) in [6.07, 6.45) is -0.248. The Bertz CT molecular complexity index is 698. The Morgan fingerprint density at radius 3 is 2.65 bits per heavy atom. The van der Waals surface area contributed by atoms with Crippen LogP contribution in [-0.4, -0.2) is 60.8 Å². The molecule has 1 aromatic heterocycles. The number of benzene rings is 1. The highest BCUT2D eigenvalue weighted by molar-refractivity contribution is 5.90. The molecular weight excluding hydrogens is 294 g/mol. The van der Waals surface area contributed by atoms with Gasteiger partial charge in [0.05, 0.1) is 12.1 Å². The Kier molecular flexibility index (Phi) is 4.45. The highest BCUT2D eigenvalue weighted by Crippen LogP contribution is 2.23. The van der Waals surface area contributed by atoms with Crippen molar-refractivity contribution in [1.29, 1.82) is 0 Å². The predicted molar refractivity (Wildman–Crippen MR) is 89.9 cm³/mol. The Hall–Kier alpha value is -2.57. The van der Waals surface area contributed by atoms with Crippen molar-refractivity contribution in [3.05, 3.63) is 24.3 Å². The quantitative estimate of drug-likeness (QED) is 0.933. The van der Waals surface area contributed by atoms with Crippen molar-refractivity contribution >= 4 is 28.8 Å². The lowest BCUT2D eigenvalue weighted by molar-refractivity contribution is 0.105. The lowest BCUT2D eigenvalue weighted by Gasteiger charge is -2.34. The first-order valence-electron chi connectivity index (χ1n) is 7.84. The summed E-state index contributed by atoms with van der Waals surface area (Å²) >= 11 is 0. The maximum absolute atomic E-state index is 11.8. The van der Waals surface area contributed by atoms with Gasteiger partial charge >= 0.3 is 6.09 Å². The van der Waals surface area contributed by atoms with Crippen LogP contribution in [0.5, 0.6) is 0 Å². The number of carbonyl (C=O) groups is 1. The number of hydrogen-bond acceptors (Lipinski definition) is 6. The third-order valence-corrected chi connectivity index (χ3v) is 3.92. The molecule has 1 aliphatic rings. The van der Waals surface area contributed by atoms with E-state index in [2.05, 4.69) is 20.2 Å². The van der Waals surface area contributed by atoms with Crippen LogP contribution >= 0.6 is 0 Å². The van der Waals surface area contributed by atoms with Crippen LogP contribution in [0.15, 0.2) is 24.3 Å². The summed E-state index contributed by atoms with van der Waals surface area (Å²) < 4.78 is 5.04. The molecule has 122 valence electrons. The Morgan fingerprint density at radius 2 is 1.96 bits per heavy atom. The van der Waals surface area contributed by atoms with Crippen LogP contribution < -0.4 is 10.2 Å². The summed E-state index contributed by atoms with van der Waals surface area (Å²) in [6, 6.07) is 7.93. The molecule has 7 nitrogen and oxygen atoms in total. The summed E-state index contributed by atoms with van der Waals surface area (Å²) in [5.41, 5.74) is 0.912. The summed E-state index contributed by atoms with van der Waals surface area (Å²) in [5, 5.41) is 4.13. The second-order valence-electron chi connectivity index (χ2n) is 5.31. The summed E-state index contributed by atoms with van der Waals surface area (Å²) in [5.74, 6) is 1.51. The van der Waals surface area contributed by atoms with E-state index in [0.29, 0.717) is 38.7 Å². The fourth-order valence-corrected chi connectivity index (χ4v) is 2.70. The number of rotatable bonds is 3. The van der Waals surface area contributed by atoms with Crippen molar-refractivity contribution in [1.82, 2.24) is 14.9 Å². The van der Waals surface area contributed by atoms with Gasteiger partial charge in [-0.25, -0.2) is 9.78 Å². The maximum Gasteiger partial charge on any atom is 0.409 e. The van der Waals surface area contributed by atoms with E-state index in [0.717, 1.165) is 16.7 Å². The Labute approximate surface area is 135 Å². The van der Waals surface area contributed by atoms with Crippen molar-refractivity contribution in [2.45, 2.75) is 6.92 Å². The van der Waals surface area contributed by atoms with Gasteiger partial charge in [0.15, 0.2) is 0 Å². The Morgan fingerprint density at radius 1 is 1.22 bits per heavy atom. The molecule has 3 rings (SSSR count). The molecule has 0 atom stereocenters. The zero-order chi connectivity index (χ0) is 16.2. The van der Waals surface area contributed by atoms with E-state index in [1.807, 2.05) is 38.2 Å². The molecule has 23 heavy (non-hydrogen) atoms. The largest absolute Gasteiger partial charge is 0.450 e. The molecule has 7 heteroatoms. The van der Waals surface area contributed by atoms with Gasteiger partial charge in [-0.1, -0.05) is 12.1 Å². The third kappa shape index (κ3) is 3.13. The van der Waals surface area contributed by atoms with Crippen molar-refractivity contribution in [3.8, 4) is 0 Å². The van der Waals surface area contributed by atoms with Gasteiger partial charge in [-0.05, 0) is 19.1 Å². The van der Waals surface area contributed by atoms with E-state index in [4.69, 9.17) is 4.74 Å². The third-order valence-electron chi connectivity index (χ3n) is 3.92. The topological polar surface area (TPSA) is 70.6 Å². The summed E-state index contributed by atoms with van der Waals surface area (Å²) in [7, 11) is 1.86. The first kappa shape index (κ1) is 15.3. The van der Waals surface area contributed by atoms with Crippen LogP contribution in [0.4, 0.5) is 16.6 Å². The molecule has 0 saturated carbocycles. The second kappa shape index (κ2) is 6.68. The van der Waals surface area contributed by atoms with Gasteiger partial charge in [0.25, 0.3) is 0 Å². The number of piperazine rings is 1. The first-order chi connectivity index (χ1) is 11.2. The average Bonchev–Trinajstić information content (AvgIpc) is 2.61. The highest BCUT2D eigenvalue weighted by atomic mass is 16.6. The van der Waals surface area contributed by atoms with E-state index in [9.17, 15) is 4.79 Å². The van der Waals surface area contributed by atoms with E-state index < -0.39 is 0 Å². The van der Waals surface area contributed by atoms with Gasteiger partial charge in [0.1, 0.15) is 5.82 Å². The minimum Gasteiger partial charge on any atom is -0.450 e. The number of fused-ring (bicyclic) bond motifs is 1. The minimum absolute atomic E-state index is 0.248. The van der Waals surface area contributed by atoms with Crippen LogP contribution in [0.3, 0.4) is 0 Å². The predicted octanol–water partition coefficient (Wildman–Crippen LogP) is 1.95. The smallest absolute Gasteiger partial charge is 0.409 e. The monoisotopic (exact) mass is 315 g/mol. The molecule has 1 fully saturated rings. The SMILES string of the molecule is CCOC(=O)N1CCN(c2nc(NC)c3ccccc3n2)CC1.